The fourth-order valence-electron chi connectivity index (χ4n) is 1.07. The number of carbonyl (C=O) groups excluding carboxylic acids is 1. The standard InChI is InChI=1S/C11H11N3O3/c12-13-7-8-1-3-9(4-2-8)14-10(15)5-6-11(16)17/h1-7H,12H2,(H,14,15)(H,16,17). The summed E-state index contributed by atoms with van der Waals surface area (Å²) < 4.78 is 0. The number of rotatable bonds is 4. The Morgan fingerprint density at radius 3 is 2.41 bits per heavy atom. The van der Waals surface area contributed by atoms with Crippen LogP contribution in [0.1, 0.15) is 5.56 Å². The molecular weight excluding hydrogens is 222 g/mol. The minimum absolute atomic E-state index is 0.507. The molecule has 0 saturated carbocycles. The summed E-state index contributed by atoms with van der Waals surface area (Å²) in [6.45, 7) is 0. The number of hydrazone groups is 1. The van der Waals surface area contributed by atoms with Crippen molar-refractivity contribution in [1.82, 2.24) is 0 Å². The third-order valence-corrected chi connectivity index (χ3v) is 1.78. The van der Waals surface area contributed by atoms with E-state index in [4.69, 9.17) is 10.9 Å². The summed E-state index contributed by atoms with van der Waals surface area (Å²) in [7, 11) is 0. The number of benzene rings is 1. The minimum atomic E-state index is -1.17. The summed E-state index contributed by atoms with van der Waals surface area (Å²) in [6, 6.07) is 6.74. The SMILES string of the molecule is NN=Cc1ccc(NC(=O)C=CC(=O)O)cc1. The number of nitrogens with one attached hydrogen (secondary N) is 1. The maximum Gasteiger partial charge on any atom is 0.328 e. The molecule has 0 radical (unpaired) electrons. The molecule has 0 bridgehead atoms. The molecule has 1 aromatic rings. The summed E-state index contributed by atoms with van der Waals surface area (Å²) in [5.74, 6) is 3.30. The second kappa shape index (κ2) is 6.06. The molecule has 6 heteroatoms. The number of hydrogen-bond donors (Lipinski definition) is 3. The Labute approximate surface area is 97.4 Å². The van der Waals surface area contributed by atoms with Crippen molar-refractivity contribution in [3.63, 3.8) is 0 Å². The molecule has 0 aliphatic rings. The first-order valence-corrected chi connectivity index (χ1v) is 4.67. The van der Waals surface area contributed by atoms with Crippen molar-refractivity contribution in [1.29, 1.82) is 0 Å². The minimum Gasteiger partial charge on any atom is -0.478 e. The summed E-state index contributed by atoms with van der Waals surface area (Å²) in [5, 5.41) is 14.2. The molecule has 0 spiro atoms. The van der Waals surface area contributed by atoms with Crippen LogP contribution in [0.5, 0.6) is 0 Å². The quantitative estimate of drug-likeness (QED) is 0.306. The normalized spacial score (nSPS) is 10.8. The monoisotopic (exact) mass is 233 g/mol. The van der Waals surface area contributed by atoms with Crippen LogP contribution in [-0.2, 0) is 9.59 Å². The number of hydrogen-bond acceptors (Lipinski definition) is 4. The largest absolute Gasteiger partial charge is 0.478 e. The van der Waals surface area contributed by atoms with Crippen molar-refractivity contribution in [2.45, 2.75) is 0 Å². The van der Waals surface area contributed by atoms with E-state index < -0.39 is 11.9 Å². The molecule has 0 aromatic heterocycles. The first-order valence-electron chi connectivity index (χ1n) is 4.67. The Morgan fingerprint density at radius 1 is 1.24 bits per heavy atom. The lowest BCUT2D eigenvalue weighted by Gasteiger charge is -2.01. The van der Waals surface area contributed by atoms with Crippen molar-refractivity contribution in [3.8, 4) is 0 Å². The zero-order valence-electron chi connectivity index (χ0n) is 8.83. The zero-order valence-corrected chi connectivity index (χ0v) is 8.83. The molecule has 0 saturated heterocycles. The van der Waals surface area contributed by atoms with Crippen molar-refractivity contribution in [2.24, 2.45) is 10.9 Å². The Hall–Kier alpha value is -2.63. The molecule has 88 valence electrons. The fourth-order valence-corrected chi connectivity index (χ4v) is 1.07. The molecular formula is C11H11N3O3. The highest BCUT2D eigenvalue weighted by Crippen LogP contribution is 2.08. The van der Waals surface area contributed by atoms with Crippen molar-refractivity contribution >= 4 is 23.8 Å². The molecule has 0 heterocycles. The summed E-state index contributed by atoms with van der Waals surface area (Å²) >= 11 is 0. The lowest BCUT2D eigenvalue weighted by Crippen LogP contribution is -2.08. The topological polar surface area (TPSA) is 105 Å². The van der Waals surface area contributed by atoms with E-state index in [1.807, 2.05) is 0 Å². The van der Waals surface area contributed by atoms with Gasteiger partial charge in [-0.25, -0.2) is 4.79 Å². The maximum absolute atomic E-state index is 11.2. The van der Waals surface area contributed by atoms with Crippen LogP contribution in [0.25, 0.3) is 0 Å². The first-order chi connectivity index (χ1) is 8.11. The van der Waals surface area contributed by atoms with Gasteiger partial charge in [0.25, 0.3) is 0 Å². The average molecular weight is 233 g/mol. The van der Waals surface area contributed by atoms with Crippen molar-refractivity contribution < 1.29 is 14.7 Å². The molecule has 0 aliphatic carbocycles. The van der Waals surface area contributed by atoms with E-state index in [-0.39, 0.29) is 0 Å². The van der Waals surface area contributed by atoms with Crippen LogP contribution in [0.4, 0.5) is 5.69 Å². The number of anilines is 1. The van der Waals surface area contributed by atoms with Crippen LogP contribution in [0.2, 0.25) is 0 Å². The first kappa shape index (κ1) is 12.4. The molecule has 6 nitrogen and oxygen atoms in total. The second-order valence-corrected chi connectivity index (χ2v) is 3.06. The molecule has 0 aliphatic heterocycles. The third-order valence-electron chi connectivity index (χ3n) is 1.78. The van der Waals surface area contributed by atoms with Gasteiger partial charge in [0, 0.05) is 17.8 Å². The molecule has 0 atom stereocenters. The highest BCUT2D eigenvalue weighted by molar-refractivity contribution is 6.02. The van der Waals surface area contributed by atoms with Gasteiger partial charge in [0.05, 0.1) is 6.21 Å². The smallest absolute Gasteiger partial charge is 0.328 e. The van der Waals surface area contributed by atoms with Gasteiger partial charge in [0.15, 0.2) is 0 Å². The van der Waals surface area contributed by atoms with E-state index in [1.165, 1.54) is 6.21 Å². The zero-order chi connectivity index (χ0) is 12.7. The van der Waals surface area contributed by atoms with Gasteiger partial charge in [-0.3, -0.25) is 4.79 Å². The van der Waals surface area contributed by atoms with Gasteiger partial charge < -0.3 is 16.3 Å². The fraction of sp³-hybridized carbons (Fsp3) is 0. The highest BCUT2D eigenvalue weighted by Gasteiger charge is 1.98. The Balaban J connectivity index is 2.63. The van der Waals surface area contributed by atoms with Gasteiger partial charge in [0.1, 0.15) is 0 Å². The molecule has 1 amide bonds. The van der Waals surface area contributed by atoms with Gasteiger partial charge in [-0.05, 0) is 17.7 Å². The van der Waals surface area contributed by atoms with E-state index in [9.17, 15) is 9.59 Å². The lowest BCUT2D eigenvalue weighted by atomic mass is 10.2. The summed E-state index contributed by atoms with van der Waals surface area (Å²) in [5.41, 5.74) is 1.35. The number of aliphatic carboxylic acids is 1. The van der Waals surface area contributed by atoms with E-state index in [0.29, 0.717) is 5.69 Å². The predicted octanol–water partition coefficient (Wildman–Crippen LogP) is 0.558. The molecule has 0 unspecified atom stereocenters. The van der Waals surface area contributed by atoms with E-state index in [1.54, 1.807) is 24.3 Å². The molecule has 17 heavy (non-hydrogen) atoms. The number of nitrogens with two attached hydrogens (primary N) is 1. The summed E-state index contributed by atoms with van der Waals surface area (Å²) in [4.78, 5) is 21.4. The number of amides is 1. The van der Waals surface area contributed by atoms with E-state index >= 15 is 0 Å². The molecule has 1 aromatic carbocycles. The van der Waals surface area contributed by atoms with Gasteiger partial charge in [-0.15, -0.1) is 0 Å². The average Bonchev–Trinajstić information content (AvgIpc) is 2.29. The van der Waals surface area contributed by atoms with Crippen LogP contribution >= 0.6 is 0 Å². The maximum atomic E-state index is 11.2. The van der Waals surface area contributed by atoms with E-state index in [0.717, 1.165) is 17.7 Å². The van der Waals surface area contributed by atoms with Crippen LogP contribution in [-0.4, -0.2) is 23.2 Å². The number of carboxylic acid groups (broad SMARTS) is 1. The van der Waals surface area contributed by atoms with Crippen molar-refractivity contribution in [3.05, 3.63) is 42.0 Å². The molecule has 1 rings (SSSR count). The van der Waals surface area contributed by atoms with Crippen LogP contribution in [0.15, 0.2) is 41.5 Å². The van der Waals surface area contributed by atoms with Crippen LogP contribution in [0.3, 0.4) is 0 Å². The number of carboxylic acids is 1. The van der Waals surface area contributed by atoms with E-state index in [2.05, 4.69) is 10.4 Å². The Morgan fingerprint density at radius 2 is 1.88 bits per heavy atom. The van der Waals surface area contributed by atoms with Gasteiger partial charge in [-0.2, -0.15) is 5.10 Å². The Kier molecular flexibility index (Phi) is 4.44. The lowest BCUT2D eigenvalue weighted by molar-refractivity contribution is -0.131. The Bertz CT molecular complexity index is 463. The molecule has 4 N–H and O–H groups in total. The number of carbonyl (C=O) groups is 2. The predicted molar refractivity (Wildman–Crippen MR) is 63.6 cm³/mol. The highest BCUT2D eigenvalue weighted by atomic mass is 16.4. The number of nitrogens with zero attached hydrogens (tertiary/aromatic N) is 1. The van der Waals surface area contributed by atoms with Crippen molar-refractivity contribution in [2.75, 3.05) is 5.32 Å². The van der Waals surface area contributed by atoms with Gasteiger partial charge in [-0.1, -0.05) is 12.1 Å². The molecule has 0 fully saturated rings. The second-order valence-electron chi connectivity index (χ2n) is 3.06. The van der Waals surface area contributed by atoms with Gasteiger partial charge in [0.2, 0.25) is 5.91 Å². The van der Waals surface area contributed by atoms with Crippen LogP contribution < -0.4 is 11.2 Å². The summed E-state index contributed by atoms with van der Waals surface area (Å²) in [6.07, 6.45) is 3.18. The van der Waals surface area contributed by atoms with Crippen LogP contribution in [0, 0.1) is 0 Å². The third kappa shape index (κ3) is 4.61. The van der Waals surface area contributed by atoms with Gasteiger partial charge >= 0.3 is 5.97 Å².